The fourth-order valence-corrected chi connectivity index (χ4v) is 5.59. The average molecular weight is 457 g/mol. The number of fused-ring (bicyclic) bond motifs is 2. The Balaban J connectivity index is 1.62. The summed E-state index contributed by atoms with van der Waals surface area (Å²) in [6.07, 6.45) is 5.75. The number of rotatable bonds is 3. The van der Waals surface area contributed by atoms with Crippen molar-refractivity contribution in [2.45, 2.75) is 12.8 Å². The van der Waals surface area contributed by atoms with Gasteiger partial charge in [0.2, 0.25) is 0 Å². The van der Waals surface area contributed by atoms with Crippen molar-refractivity contribution in [1.82, 2.24) is 9.97 Å². The fourth-order valence-electron chi connectivity index (χ4n) is 2.43. The molecule has 0 atom stereocenters. The second-order valence-corrected chi connectivity index (χ2v) is 8.49. The summed E-state index contributed by atoms with van der Waals surface area (Å²) < 4.78 is 3.70. The van der Waals surface area contributed by atoms with Crippen molar-refractivity contribution < 1.29 is 0 Å². The highest BCUT2D eigenvalue weighted by Gasteiger charge is 2.10. The second kappa shape index (κ2) is 6.03. The Morgan fingerprint density at radius 1 is 1.09 bits per heavy atom. The monoisotopic (exact) mass is 456 g/mol. The zero-order valence-electron chi connectivity index (χ0n) is 11.3. The van der Waals surface area contributed by atoms with E-state index in [4.69, 9.17) is 11.6 Å². The summed E-state index contributed by atoms with van der Waals surface area (Å²) in [6, 6.07) is 6.07. The largest absolute Gasteiger partial charge is 0.255 e. The first kappa shape index (κ1) is 14.8. The predicted molar refractivity (Wildman–Crippen MR) is 104 cm³/mol. The topological polar surface area (TPSA) is 25.8 Å². The molecule has 0 aliphatic carbocycles. The van der Waals surface area contributed by atoms with Gasteiger partial charge in [0, 0.05) is 20.8 Å². The van der Waals surface area contributed by atoms with E-state index in [0.717, 1.165) is 33.6 Å². The summed E-state index contributed by atoms with van der Waals surface area (Å²) in [6.45, 7) is 0. The van der Waals surface area contributed by atoms with E-state index in [9.17, 15) is 0 Å². The first-order valence-electron chi connectivity index (χ1n) is 6.76. The van der Waals surface area contributed by atoms with Gasteiger partial charge in [-0.1, -0.05) is 11.6 Å². The van der Waals surface area contributed by atoms with Crippen LogP contribution in [0.25, 0.3) is 20.4 Å². The zero-order chi connectivity index (χ0) is 15.1. The summed E-state index contributed by atoms with van der Waals surface area (Å²) in [5.41, 5.74) is 3.40. The molecule has 4 heterocycles. The van der Waals surface area contributed by atoms with E-state index in [0.29, 0.717) is 0 Å². The average Bonchev–Trinajstić information content (AvgIpc) is 3.13. The maximum atomic E-state index is 6.23. The number of hydrogen-bond donors (Lipinski definition) is 0. The molecule has 0 spiro atoms. The number of halogens is 2. The number of thiophene rings is 2. The Morgan fingerprint density at radius 2 is 2.00 bits per heavy atom. The van der Waals surface area contributed by atoms with E-state index in [1.165, 1.54) is 18.7 Å². The lowest BCUT2D eigenvalue weighted by atomic mass is 10.1. The minimum absolute atomic E-state index is 0.789. The maximum absolute atomic E-state index is 6.23. The number of hydrogen-bond acceptors (Lipinski definition) is 4. The van der Waals surface area contributed by atoms with Crippen molar-refractivity contribution in [2.75, 3.05) is 0 Å². The van der Waals surface area contributed by atoms with Crippen molar-refractivity contribution in [3.63, 3.8) is 0 Å². The van der Waals surface area contributed by atoms with E-state index >= 15 is 0 Å². The molecular formula is C16H10ClIN2S2. The molecule has 0 N–H and O–H groups in total. The first-order chi connectivity index (χ1) is 10.7. The van der Waals surface area contributed by atoms with Crippen LogP contribution in [0.2, 0.25) is 5.02 Å². The molecule has 22 heavy (non-hydrogen) atoms. The van der Waals surface area contributed by atoms with Gasteiger partial charge < -0.3 is 0 Å². The van der Waals surface area contributed by atoms with Crippen LogP contribution in [-0.2, 0) is 12.8 Å². The van der Waals surface area contributed by atoms with Gasteiger partial charge in [0.05, 0.1) is 25.5 Å². The normalized spacial score (nSPS) is 11.5. The zero-order valence-corrected chi connectivity index (χ0v) is 15.9. The summed E-state index contributed by atoms with van der Waals surface area (Å²) >= 11 is 12.2. The molecule has 0 radical (unpaired) electrons. The highest BCUT2D eigenvalue weighted by molar-refractivity contribution is 14.1. The minimum atomic E-state index is 0.789. The van der Waals surface area contributed by atoms with E-state index in [-0.39, 0.29) is 0 Å². The number of nitrogens with zero attached hydrogens (tertiary/aromatic N) is 2. The van der Waals surface area contributed by atoms with Crippen molar-refractivity contribution in [1.29, 1.82) is 0 Å². The first-order valence-corrected chi connectivity index (χ1v) is 9.91. The predicted octanol–water partition coefficient (Wildman–Crippen LogP) is 5.95. The van der Waals surface area contributed by atoms with E-state index in [2.05, 4.69) is 50.1 Å². The van der Waals surface area contributed by atoms with Gasteiger partial charge in [-0.15, -0.1) is 22.7 Å². The lowest BCUT2D eigenvalue weighted by Crippen LogP contribution is -1.94. The Bertz CT molecular complexity index is 977. The van der Waals surface area contributed by atoms with Gasteiger partial charge in [0.25, 0.3) is 0 Å². The molecule has 0 saturated heterocycles. The lowest BCUT2D eigenvalue weighted by molar-refractivity contribution is 0.969. The highest BCUT2D eigenvalue weighted by Crippen LogP contribution is 2.32. The van der Waals surface area contributed by atoms with Gasteiger partial charge in [-0.25, -0.2) is 0 Å². The molecule has 4 rings (SSSR count). The van der Waals surface area contributed by atoms with Crippen molar-refractivity contribution >= 4 is 77.3 Å². The summed E-state index contributed by atoms with van der Waals surface area (Å²) in [4.78, 5) is 10.2. The van der Waals surface area contributed by atoms with Crippen LogP contribution in [0.3, 0.4) is 0 Å². The highest BCUT2D eigenvalue weighted by atomic mass is 127. The Kier molecular flexibility index (Phi) is 4.06. The third-order valence-electron chi connectivity index (χ3n) is 3.54. The van der Waals surface area contributed by atoms with Crippen LogP contribution >= 0.6 is 56.9 Å². The lowest BCUT2D eigenvalue weighted by Gasteiger charge is -2.04. The molecule has 4 aromatic heterocycles. The van der Waals surface area contributed by atoms with E-state index < -0.39 is 0 Å². The van der Waals surface area contributed by atoms with E-state index in [1.54, 1.807) is 28.9 Å². The Morgan fingerprint density at radius 3 is 2.86 bits per heavy atom. The van der Waals surface area contributed by atoms with Gasteiger partial charge in [0.15, 0.2) is 0 Å². The maximum Gasteiger partial charge on any atom is 0.0827 e. The molecule has 0 aromatic carbocycles. The van der Waals surface area contributed by atoms with Gasteiger partial charge in [-0.2, -0.15) is 0 Å². The van der Waals surface area contributed by atoms with Crippen LogP contribution < -0.4 is 0 Å². The van der Waals surface area contributed by atoms with Crippen LogP contribution in [-0.4, -0.2) is 9.97 Å². The van der Waals surface area contributed by atoms with Crippen LogP contribution in [0.5, 0.6) is 0 Å². The number of pyridine rings is 2. The molecule has 0 amide bonds. The molecule has 110 valence electrons. The number of aromatic nitrogens is 2. The van der Waals surface area contributed by atoms with Crippen LogP contribution in [0.1, 0.15) is 10.4 Å². The quantitative estimate of drug-likeness (QED) is 0.356. The van der Waals surface area contributed by atoms with Crippen LogP contribution in [0.4, 0.5) is 0 Å². The molecule has 0 unspecified atom stereocenters. The molecular weight excluding hydrogens is 447 g/mol. The SMILES string of the molecule is Clc1ccnc2cc(CCc3cnc4ccsc4c3I)sc12. The van der Waals surface area contributed by atoms with Crippen molar-refractivity contribution in [3.8, 4) is 0 Å². The molecule has 2 nitrogen and oxygen atoms in total. The fraction of sp³-hybridized carbons (Fsp3) is 0.125. The molecule has 0 bridgehead atoms. The smallest absolute Gasteiger partial charge is 0.0827 e. The Hall–Kier alpha value is -0.760. The summed E-state index contributed by atoms with van der Waals surface area (Å²) in [7, 11) is 0. The third kappa shape index (κ3) is 2.64. The van der Waals surface area contributed by atoms with Gasteiger partial charge >= 0.3 is 0 Å². The summed E-state index contributed by atoms with van der Waals surface area (Å²) in [5, 5.41) is 2.89. The van der Waals surface area contributed by atoms with E-state index in [1.807, 2.05) is 12.3 Å². The van der Waals surface area contributed by atoms with Crippen LogP contribution in [0, 0.1) is 3.57 Å². The van der Waals surface area contributed by atoms with Gasteiger partial charge in [-0.3, -0.25) is 9.97 Å². The van der Waals surface area contributed by atoms with Gasteiger partial charge in [0.1, 0.15) is 0 Å². The standard InChI is InChI=1S/C16H10ClIN2S2/c17-11-3-5-19-13-7-10(22-15(11)13)2-1-9-8-20-12-4-6-21-16(12)14(9)18/h3-8H,1-2H2. The van der Waals surface area contributed by atoms with Gasteiger partial charge in [-0.05, 0) is 64.6 Å². The second-order valence-electron chi connectivity index (χ2n) is 4.95. The molecule has 0 aliphatic rings. The molecule has 0 saturated carbocycles. The van der Waals surface area contributed by atoms with Crippen molar-refractivity contribution in [2.24, 2.45) is 0 Å². The molecule has 0 fully saturated rings. The molecule has 0 aliphatic heterocycles. The molecule has 6 heteroatoms. The molecule has 4 aromatic rings. The third-order valence-corrected chi connectivity index (χ3v) is 7.70. The Labute approximate surface area is 154 Å². The van der Waals surface area contributed by atoms with Crippen molar-refractivity contribution in [3.05, 3.63) is 55.0 Å². The minimum Gasteiger partial charge on any atom is -0.255 e. The summed E-state index contributed by atoms with van der Waals surface area (Å²) in [5.74, 6) is 0. The number of aryl methyl sites for hydroxylation is 2. The van der Waals surface area contributed by atoms with Crippen LogP contribution in [0.15, 0.2) is 36.0 Å².